The van der Waals surface area contributed by atoms with Crippen molar-refractivity contribution in [3.05, 3.63) is 69.4 Å². The van der Waals surface area contributed by atoms with Gasteiger partial charge in [-0.2, -0.15) is 11.3 Å². The van der Waals surface area contributed by atoms with Crippen LogP contribution >= 0.6 is 11.3 Å². The summed E-state index contributed by atoms with van der Waals surface area (Å²) >= 11 is 1.44. The van der Waals surface area contributed by atoms with Gasteiger partial charge in [0.15, 0.2) is 0 Å². The fourth-order valence-corrected chi connectivity index (χ4v) is 5.63. The van der Waals surface area contributed by atoms with Crippen molar-refractivity contribution in [2.24, 2.45) is 0 Å². The minimum absolute atomic E-state index is 0.216. The molecule has 0 fully saturated rings. The number of carbonyl (C=O) groups is 4. The van der Waals surface area contributed by atoms with Crippen molar-refractivity contribution in [1.82, 2.24) is 0 Å². The second-order valence-electron chi connectivity index (χ2n) is 8.09. The number of ether oxygens (including phenoxy) is 4. The lowest BCUT2D eigenvalue weighted by Crippen LogP contribution is -2.45. The zero-order valence-corrected chi connectivity index (χ0v) is 20.1. The molecule has 1 aromatic heterocycles. The highest BCUT2D eigenvalue weighted by Gasteiger charge is 2.56. The summed E-state index contributed by atoms with van der Waals surface area (Å²) in [6.07, 6.45) is 0. The molecule has 0 aliphatic heterocycles. The first kappa shape index (κ1) is 23.4. The summed E-state index contributed by atoms with van der Waals surface area (Å²) in [6.45, 7) is 0. The molecule has 35 heavy (non-hydrogen) atoms. The highest BCUT2D eigenvalue weighted by atomic mass is 32.1. The van der Waals surface area contributed by atoms with Crippen LogP contribution in [0.15, 0.2) is 47.2 Å². The molecule has 0 amide bonds. The maximum absolute atomic E-state index is 13.0. The summed E-state index contributed by atoms with van der Waals surface area (Å²) in [5.74, 6) is -6.14. The van der Waals surface area contributed by atoms with E-state index in [2.05, 4.69) is 0 Å². The van der Waals surface area contributed by atoms with Crippen LogP contribution in [-0.4, -0.2) is 63.1 Å². The predicted molar refractivity (Wildman–Crippen MR) is 126 cm³/mol. The molecule has 1 heterocycles. The Labute approximate surface area is 204 Å². The van der Waals surface area contributed by atoms with Gasteiger partial charge in [-0.05, 0) is 46.2 Å². The van der Waals surface area contributed by atoms with Gasteiger partial charge < -0.3 is 18.9 Å². The SMILES string of the molecule is COC1(OC)C(=O)c2ccc(-c3cscc3-c3ccc4c(c3)C(=O)C(OC)(OC)C4=O)cc2C1=O. The number of fused-ring (bicyclic) bond motifs is 2. The number of benzene rings is 2. The van der Waals surface area contributed by atoms with Crippen molar-refractivity contribution in [1.29, 1.82) is 0 Å². The number of carbonyl (C=O) groups excluding carboxylic acids is 4. The predicted octanol–water partition coefficient (Wildman–Crippen LogP) is 3.82. The van der Waals surface area contributed by atoms with E-state index in [9.17, 15) is 19.2 Å². The van der Waals surface area contributed by atoms with Gasteiger partial charge in [-0.25, -0.2) is 0 Å². The zero-order chi connectivity index (χ0) is 25.1. The molecule has 178 valence electrons. The average molecular weight is 493 g/mol. The van der Waals surface area contributed by atoms with E-state index in [1.165, 1.54) is 39.8 Å². The van der Waals surface area contributed by atoms with Gasteiger partial charge in [0, 0.05) is 61.8 Å². The Kier molecular flexibility index (Phi) is 5.42. The molecule has 0 N–H and O–H groups in total. The zero-order valence-electron chi connectivity index (χ0n) is 19.3. The Bertz CT molecular complexity index is 1320. The molecule has 9 heteroatoms. The van der Waals surface area contributed by atoms with Gasteiger partial charge in [0.25, 0.3) is 11.6 Å². The van der Waals surface area contributed by atoms with Crippen LogP contribution in [0.2, 0.25) is 0 Å². The molecule has 0 atom stereocenters. The van der Waals surface area contributed by atoms with Crippen LogP contribution in [0.25, 0.3) is 22.3 Å². The standard InChI is InChI=1S/C26H20O8S/c1-31-25(32-2)21(27)15-7-5-13(9-17(15)23(25)29)19-11-35-12-20(19)14-6-8-16-18(10-14)24(30)26(33-3,34-4)22(16)28/h5-12H,1-4H3. The maximum Gasteiger partial charge on any atom is 0.299 e. The van der Waals surface area contributed by atoms with Gasteiger partial charge in [-0.1, -0.05) is 12.1 Å². The third-order valence-corrected chi connectivity index (χ3v) is 7.39. The van der Waals surface area contributed by atoms with E-state index < -0.39 is 34.7 Å². The lowest BCUT2D eigenvalue weighted by Gasteiger charge is -2.21. The average Bonchev–Trinajstić information content (AvgIpc) is 3.52. The molecule has 2 aliphatic rings. The van der Waals surface area contributed by atoms with Crippen molar-refractivity contribution in [2.45, 2.75) is 11.6 Å². The molecule has 8 nitrogen and oxygen atoms in total. The highest BCUT2D eigenvalue weighted by Crippen LogP contribution is 2.42. The first-order valence-electron chi connectivity index (χ1n) is 10.5. The van der Waals surface area contributed by atoms with Crippen LogP contribution in [-0.2, 0) is 18.9 Å². The lowest BCUT2D eigenvalue weighted by atomic mass is 9.94. The quantitative estimate of drug-likeness (QED) is 0.378. The van der Waals surface area contributed by atoms with Crippen molar-refractivity contribution < 1.29 is 38.1 Å². The summed E-state index contributed by atoms with van der Waals surface area (Å²) in [6, 6.07) is 9.96. The maximum atomic E-state index is 13.0. The first-order chi connectivity index (χ1) is 16.8. The molecule has 0 saturated carbocycles. The smallest absolute Gasteiger partial charge is 0.299 e. The van der Waals surface area contributed by atoms with Gasteiger partial charge in [-0.15, -0.1) is 0 Å². The normalized spacial score (nSPS) is 17.7. The van der Waals surface area contributed by atoms with Crippen molar-refractivity contribution >= 4 is 34.5 Å². The number of thiophene rings is 1. The molecule has 0 radical (unpaired) electrons. The van der Waals surface area contributed by atoms with E-state index >= 15 is 0 Å². The Morgan fingerprint density at radius 1 is 0.514 bits per heavy atom. The van der Waals surface area contributed by atoms with Gasteiger partial charge >= 0.3 is 0 Å². The Balaban J connectivity index is 1.58. The second kappa shape index (κ2) is 8.11. The minimum Gasteiger partial charge on any atom is -0.341 e. The molecule has 0 spiro atoms. The second-order valence-corrected chi connectivity index (χ2v) is 8.83. The minimum atomic E-state index is -1.97. The molecule has 2 aromatic carbocycles. The molecular formula is C26H20O8S. The van der Waals surface area contributed by atoms with Crippen LogP contribution in [0, 0.1) is 0 Å². The fourth-order valence-electron chi connectivity index (χ4n) is 4.76. The van der Waals surface area contributed by atoms with Crippen LogP contribution in [0.1, 0.15) is 41.4 Å². The Morgan fingerprint density at radius 2 is 0.857 bits per heavy atom. The Hall–Kier alpha value is -3.34. The number of rotatable bonds is 6. The number of hydrogen-bond acceptors (Lipinski definition) is 9. The van der Waals surface area contributed by atoms with E-state index in [0.717, 1.165) is 11.1 Å². The van der Waals surface area contributed by atoms with Crippen LogP contribution in [0.3, 0.4) is 0 Å². The van der Waals surface area contributed by atoms with E-state index in [1.807, 2.05) is 10.8 Å². The van der Waals surface area contributed by atoms with Gasteiger partial charge in [0.1, 0.15) is 0 Å². The topological polar surface area (TPSA) is 105 Å². The van der Waals surface area contributed by atoms with Gasteiger partial charge in [-0.3, -0.25) is 19.2 Å². The lowest BCUT2D eigenvalue weighted by molar-refractivity contribution is -0.133. The van der Waals surface area contributed by atoms with Crippen molar-refractivity contribution in [3.8, 4) is 22.3 Å². The first-order valence-corrected chi connectivity index (χ1v) is 11.5. The highest BCUT2D eigenvalue weighted by molar-refractivity contribution is 7.08. The molecule has 0 saturated heterocycles. The number of hydrogen-bond donors (Lipinski definition) is 0. The number of Topliss-reactive ketones (excluding diaryl/α,β-unsaturated/α-hetero) is 4. The third-order valence-electron chi connectivity index (χ3n) is 6.65. The fraction of sp³-hybridized carbons (Fsp3) is 0.231. The van der Waals surface area contributed by atoms with Crippen molar-refractivity contribution in [3.63, 3.8) is 0 Å². The monoisotopic (exact) mass is 492 g/mol. The van der Waals surface area contributed by atoms with E-state index in [1.54, 1.807) is 36.4 Å². The molecule has 3 aromatic rings. The molecule has 0 bridgehead atoms. The molecule has 5 rings (SSSR count). The number of methoxy groups -OCH3 is 4. The summed E-state index contributed by atoms with van der Waals surface area (Å²) in [5, 5.41) is 3.82. The number of ketones is 4. The molecular weight excluding hydrogens is 472 g/mol. The summed E-state index contributed by atoms with van der Waals surface area (Å²) in [7, 11) is 5.02. The third kappa shape index (κ3) is 2.93. The van der Waals surface area contributed by atoms with E-state index in [-0.39, 0.29) is 22.3 Å². The summed E-state index contributed by atoms with van der Waals surface area (Å²) in [5.41, 5.74) is 3.90. The summed E-state index contributed by atoms with van der Waals surface area (Å²) < 4.78 is 20.7. The summed E-state index contributed by atoms with van der Waals surface area (Å²) in [4.78, 5) is 51.6. The largest absolute Gasteiger partial charge is 0.341 e. The van der Waals surface area contributed by atoms with E-state index in [0.29, 0.717) is 11.1 Å². The van der Waals surface area contributed by atoms with Crippen LogP contribution < -0.4 is 0 Å². The van der Waals surface area contributed by atoms with E-state index in [4.69, 9.17) is 18.9 Å². The molecule has 0 unspecified atom stereocenters. The molecule has 2 aliphatic carbocycles. The Morgan fingerprint density at radius 3 is 1.20 bits per heavy atom. The van der Waals surface area contributed by atoms with Gasteiger partial charge in [0.2, 0.25) is 23.1 Å². The van der Waals surface area contributed by atoms with Crippen LogP contribution in [0.5, 0.6) is 0 Å². The van der Waals surface area contributed by atoms with Gasteiger partial charge in [0.05, 0.1) is 0 Å². The van der Waals surface area contributed by atoms with Crippen molar-refractivity contribution in [2.75, 3.05) is 28.4 Å². The van der Waals surface area contributed by atoms with Crippen LogP contribution in [0.4, 0.5) is 0 Å².